The molecule has 1 fully saturated rings. The number of piperidine rings is 1. The molecule has 0 radical (unpaired) electrons. The van der Waals surface area contributed by atoms with E-state index in [9.17, 15) is 9.59 Å². The Morgan fingerprint density at radius 1 is 1.36 bits per heavy atom. The number of benzene rings is 1. The van der Waals surface area contributed by atoms with E-state index in [4.69, 9.17) is 10.5 Å². The van der Waals surface area contributed by atoms with Crippen LogP contribution in [0.25, 0.3) is 6.08 Å². The van der Waals surface area contributed by atoms with Gasteiger partial charge in [-0.2, -0.15) is 0 Å². The molecular weight excluding hydrogens is 318 g/mol. The van der Waals surface area contributed by atoms with Crippen LogP contribution in [0.2, 0.25) is 0 Å². The lowest BCUT2D eigenvalue weighted by molar-refractivity contribution is -0.137. The number of nitrogens with two attached hydrogens (primary N) is 1. The van der Waals surface area contributed by atoms with Gasteiger partial charge in [0, 0.05) is 33.3 Å². The maximum Gasteiger partial charge on any atom is 0.314 e. The third-order valence-electron chi connectivity index (χ3n) is 4.39. The van der Waals surface area contributed by atoms with E-state index in [1.54, 1.807) is 16.9 Å². The molecule has 1 heterocycles. The second-order valence-corrected chi connectivity index (χ2v) is 6.21. The van der Waals surface area contributed by atoms with Crippen LogP contribution in [0.1, 0.15) is 18.4 Å². The van der Waals surface area contributed by atoms with Crippen LogP contribution in [-0.2, 0) is 9.53 Å². The van der Waals surface area contributed by atoms with Crippen LogP contribution in [0.3, 0.4) is 0 Å². The molecule has 0 aromatic heterocycles. The molecule has 1 saturated heterocycles. The summed E-state index contributed by atoms with van der Waals surface area (Å²) in [5.74, 6) is -0.135. The molecule has 2 N–H and O–H groups in total. The van der Waals surface area contributed by atoms with Crippen molar-refractivity contribution in [1.29, 1.82) is 0 Å². The fourth-order valence-electron chi connectivity index (χ4n) is 3.01. The average molecular weight is 345 g/mol. The Bertz CT molecular complexity index is 589. The fraction of sp³-hybridized carbons (Fsp3) is 0.474. The second-order valence-electron chi connectivity index (χ2n) is 6.21. The summed E-state index contributed by atoms with van der Waals surface area (Å²) in [4.78, 5) is 27.6. The maximum atomic E-state index is 12.9. The molecule has 6 nitrogen and oxygen atoms in total. The molecule has 25 heavy (non-hydrogen) atoms. The highest BCUT2D eigenvalue weighted by Crippen LogP contribution is 2.19. The summed E-state index contributed by atoms with van der Waals surface area (Å²) in [6.07, 6.45) is 5.58. The number of amides is 3. The first-order chi connectivity index (χ1) is 12.1. The Labute approximate surface area is 149 Å². The van der Waals surface area contributed by atoms with Gasteiger partial charge in [-0.15, -0.1) is 0 Å². The number of hydrogen-bond donors (Lipinski definition) is 1. The normalized spacial score (nSPS) is 17.6. The van der Waals surface area contributed by atoms with Gasteiger partial charge in [-0.25, -0.2) is 4.79 Å². The summed E-state index contributed by atoms with van der Waals surface area (Å²) in [6.45, 7) is 2.56. The van der Waals surface area contributed by atoms with E-state index in [-0.39, 0.29) is 11.8 Å². The highest BCUT2D eigenvalue weighted by atomic mass is 16.5. The number of hydrogen-bond acceptors (Lipinski definition) is 3. The number of urea groups is 1. The summed E-state index contributed by atoms with van der Waals surface area (Å²) < 4.78 is 5.13. The van der Waals surface area contributed by atoms with E-state index in [1.165, 1.54) is 0 Å². The highest BCUT2D eigenvalue weighted by molar-refractivity contribution is 5.81. The number of likely N-dealkylation sites (tertiary alicyclic amines) is 1. The minimum atomic E-state index is -0.454. The molecule has 1 aromatic carbocycles. The number of primary amides is 1. The molecule has 1 aliphatic rings. The lowest BCUT2D eigenvalue weighted by Crippen LogP contribution is -2.48. The van der Waals surface area contributed by atoms with E-state index < -0.39 is 6.03 Å². The molecular formula is C19H27N3O3. The predicted octanol–water partition coefficient (Wildman–Crippen LogP) is 1.97. The summed E-state index contributed by atoms with van der Waals surface area (Å²) in [6, 6.07) is 9.51. The molecule has 2 rings (SSSR count). The Morgan fingerprint density at radius 3 is 2.80 bits per heavy atom. The smallest absolute Gasteiger partial charge is 0.314 e. The maximum absolute atomic E-state index is 12.9. The van der Waals surface area contributed by atoms with Gasteiger partial charge < -0.3 is 20.3 Å². The number of carbonyl (C=O) groups excluding carboxylic acids is 2. The minimum Gasteiger partial charge on any atom is -0.383 e. The van der Waals surface area contributed by atoms with Crippen LogP contribution in [0.15, 0.2) is 36.4 Å². The monoisotopic (exact) mass is 345 g/mol. The van der Waals surface area contributed by atoms with Gasteiger partial charge in [0.15, 0.2) is 0 Å². The van der Waals surface area contributed by atoms with Gasteiger partial charge in [0.2, 0.25) is 5.91 Å². The molecule has 3 amide bonds. The number of methoxy groups -OCH3 is 1. The van der Waals surface area contributed by atoms with Crippen molar-refractivity contribution in [2.45, 2.75) is 12.8 Å². The predicted molar refractivity (Wildman–Crippen MR) is 97.8 cm³/mol. The average Bonchev–Trinajstić information content (AvgIpc) is 2.65. The van der Waals surface area contributed by atoms with Crippen molar-refractivity contribution in [3.05, 3.63) is 42.0 Å². The molecule has 1 aromatic rings. The first-order valence-electron chi connectivity index (χ1n) is 8.65. The van der Waals surface area contributed by atoms with Crippen molar-refractivity contribution in [2.75, 3.05) is 39.9 Å². The van der Waals surface area contributed by atoms with Crippen molar-refractivity contribution >= 4 is 18.0 Å². The first-order valence-corrected chi connectivity index (χ1v) is 8.65. The van der Waals surface area contributed by atoms with Gasteiger partial charge in [-0.3, -0.25) is 4.79 Å². The third kappa shape index (κ3) is 5.90. The van der Waals surface area contributed by atoms with Crippen molar-refractivity contribution in [3.8, 4) is 0 Å². The summed E-state index contributed by atoms with van der Waals surface area (Å²) >= 11 is 0. The Balaban J connectivity index is 1.98. The van der Waals surface area contributed by atoms with E-state index in [0.29, 0.717) is 32.8 Å². The summed E-state index contributed by atoms with van der Waals surface area (Å²) in [5, 5.41) is 0. The zero-order valence-corrected chi connectivity index (χ0v) is 14.8. The van der Waals surface area contributed by atoms with Crippen LogP contribution < -0.4 is 5.73 Å². The molecule has 0 bridgehead atoms. The second kappa shape index (κ2) is 9.84. The molecule has 0 aliphatic carbocycles. The first kappa shape index (κ1) is 19.0. The van der Waals surface area contributed by atoms with Crippen molar-refractivity contribution in [3.63, 3.8) is 0 Å². The van der Waals surface area contributed by atoms with E-state index in [2.05, 4.69) is 0 Å². The third-order valence-corrected chi connectivity index (χ3v) is 4.39. The van der Waals surface area contributed by atoms with Gasteiger partial charge in [0.25, 0.3) is 0 Å². The minimum absolute atomic E-state index is 0.0562. The van der Waals surface area contributed by atoms with Gasteiger partial charge in [0.1, 0.15) is 0 Å². The molecule has 1 aliphatic heterocycles. The Morgan fingerprint density at radius 2 is 2.12 bits per heavy atom. The van der Waals surface area contributed by atoms with Crippen molar-refractivity contribution in [2.24, 2.45) is 11.7 Å². The quantitative estimate of drug-likeness (QED) is 0.821. The van der Waals surface area contributed by atoms with Crippen LogP contribution >= 0.6 is 0 Å². The molecule has 136 valence electrons. The van der Waals surface area contributed by atoms with E-state index in [1.807, 2.05) is 42.5 Å². The van der Waals surface area contributed by atoms with Crippen LogP contribution in [0.5, 0.6) is 0 Å². The summed E-state index contributed by atoms with van der Waals surface area (Å²) in [5.41, 5.74) is 6.46. The van der Waals surface area contributed by atoms with E-state index in [0.717, 1.165) is 18.4 Å². The molecule has 1 unspecified atom stereocenters. The molecule has 0 saturated carbocycles. The van der Waals surface area contributed by atoms with Gasteiger partial charge >= 0.3 is 6.03 Å². The number of ether oxygens (including phenoxy) is 1. The number of rotatable bonds is 7. The topological polar surface area (TPSA) is 75.9 Å². The largest absolute Gasteiger partial charge is 0.383 e. The van der Waals surface area contributed by atoms with Gasteiger partial charge in [-0.05, 0) is 18.4 Å². The van der Waals surface area contributed by atoms with Gasteiger partial charge in [0.05, 0.1) is 12.5 Å². The van der Waals surface area contributed by atoms with Gasteiger partial charge in [-0.1, -0.05) is 42.5 Å². The van der Waals surface area contributed by atoms with Crippen LogP contribution in [0.4, 0.5) is 4.79 Å². The van der Waals surface area contributed by atoms with Crippen molar-refractivity contribution < 1.29 is 14.3 Å². The SMILES string of the molecule is COCCN(CC=Cc1ccccc1)C(=O)C1CCCN(C(N)=O)C1. The molecule has 1 atom stereocenters. The lowest BCUT2D eigenvalue weighted by atomic mass is 9.96. The lowest BCUT2D eigenvalue weighted by Gasteiger charge is -2.33. The van der Waals surface area contributed by atoms with Crippen LogP contribution in [-0.4, -0.2) is 61.6 Å². The van der Waals surface area contributed by atoms with E-state index >= 15 is 0 Å². The zero-order valence-electron chi connectivity index (χ0n) is 14.8. The Hall–Kier alpha value is -2.34. The highest BCUT2D eigenvalue weighted by Gasteiger charge is 2.30. The number of carbonyl (C=O) groups is 2. The zero-order chi connectivity index (χ0) is 18.1. The summed E-state index contributed by atoms with van der Waals surface area (Å²) in [7, 11) is 1.62. The Kier molecular flexibility index (Phi) is 7.47. The standard InChI is InChI=1S/C19H27N3O3/c1-25-14-13-21(11-5-9-16-7-3-2-4-8-16)18(23)17-10-6-12-22(15-17)19(20)24/h2-5,7-9,17H,6,10-15H2,1H3,(H2,20,24). The fourth-order valence-corrected chi connectivity index (χ4v) is 3.01. The van der Waals surface area contributed by atoms with Crippen molar-refractivity contribution in [1.82, 2.24) is 9.80 Å². The van der Waals surface area contributed by atoms with Crippen LogP contribution in [0, 0.1) is 5.92 Å². The number of nitrogens with zero attached hydrogens (tertiary/aromatic N) is 2. The molecule has 6 heteroatoms. The molecule has 0 spiro atoms.